The predicted octanol–water partition coefficient (Wildman–Crippen LogP) is 0.474. The number of methoxy groups -OCH3 is 1. The zero-order valence-electron chi connectivity index (χ0n) is 11.5. The number of rotatable bonds is 7. The molecule has 0 saturated heterocycles. The van der Waals surface area contributed by atoms with Crippen molar-refractivity contribution in [3.05, 3.63) is 17.7 Å². The lowest BCUT2D eigenvalue weighted by molar-refractivity contribution is -0.122. The van der Waals surface area contributed by atoms with Crippen LogP contribution in [0.15, 0.2) is 6.20 Å². The summed E-state index contributed by atoms with van der Waals surface area (Å²) < 4.78 is 4.96. The van der Waals surface area contributed by atoms with E-state index in [4.69, 9.17) is 4.74 Å². The molecule has 1 heterocycles. The van der Waals surface area contributed by atoms with Gasteiger partial charge in [0.1, 0.15) is 5.82 Å². The number of likely N-dealkylation sites (N-methyl/N-ethyl adjacent to an activating group) is 1. The lowest BCUT2D eigenvalue weighted by Gasteiger charge is -2.17. The molecule has 0 saturated carbocycles. The molecule has 1 aromatic heterocycles. The third-order valence-electron chi connectivity index (χ3n) is 2.60. The summed E-state index contributed by atoms with van der Waals surface area (Å²) in [4.78, 5) is 21.0. The number of carbonyl (C=O) groups excluding carboxylic acids is 1. The largest absolute Gasteiger partial charge is 0.383 e. The third kappa shape index (κ3) is 4.85. The van der Waals surface area contributed by atoms with E-state index in [2.05, 4.69) is 15.3 Å². The highest BCUT2D eigenvalue weighted by molar-refractivity contribution is 5.78. The first-order valence-electron chi connectivity index (χ1n) is 6.01. The van der Waals surface area contributed by atoms with Crippen molar-refractivity contribution in [1.29, 1.82) is 0 Å². The molecule has 1 atom stereocenters. The van der Waals surface area contributed by atoms with Gasteiger partial charge in [0.15, 0.2) is 0 Å². The molecule has 1 rings (SSSR count). The van der Waals surface area contributed by atoms with Crippen LogP contribution in [0.1, 0.15) is 24.5 Å². The fourth-order valence-corrected chi connectivity index (χ4v) is 1.58. The van der Waals surface area contributed by atoms with E-state index in [-0.39, 0.29) is 11.9 Å². The number of nitrogens with one attached hydrogen (secondary N) is 2. The molecule has 6 nitrogen and oxygen atoms in total. The summed E-state index contributed by atoms with van der Waals surface area (Å²) in [7, 11) is 3.54. The van der Waals surface area contributed by atoms with Crippen LogP contribution >= 0.6 is 0 Å². The summed E-state index contributed by atoms with van der Waals surface area (Å²) in [5.41, 5.74) is 0.989. The van der Waals surface area contributed by atoms with Crippen molar-refractivity contribution in [2.24, 2.45) is 0 Å². The van der Waals surface area contributed by atoms with Crippen LogP contribution in [0, 0.1) is 6.92 Å². The maximum Gasteiger partial charge on any atom is 0.234 e. The fourth-order valence-electron chi connectivity index (χ4n) is 1.58. The minimum Gasteiger partial charge on any atom is -0.383 e. The van der Waals surface area contributed by atoms with Crippen LogP contribution in [-0.4, -0.2) is 54.6 Å². The van der Waals surface area contributed by atoms with Gasteiger partial charge >= 0.3 is 0 Å². The molecule has 18 heavy (non-hydrogen) atoms. The van der Waals surface area contributed by atoms with Gasteiger partial charge in [0.25, 0.3) is 0 Å². The number of ether oxygens (including phenoxy) is 1. The maximum absolute atomic E-state index is 11.8. The van der Waals surface area contributed by atoms with Gasteiger partial charge in [-0.2, -0.15) is 0 Å². The molecule has 0 spiro atoms. The molecule has 0 aliphatic heterocycles. The Bertz CT molecular complexity index is 378. The van der Waals surface area contributed by atoms with Crippen LogP contribution in [-0.2, 0) is 9.53 Å². The van der Waals surface area contributed by atoms with Crippen molar-refractivity contribution in [2.75, 3.05) is 33.9 Å². The smallest absolute Gasteiger partial charge is 0.234 e. The van der Waals surface area contributed by atoms with E-state index in [1.807, 2.05) is 25.8 Å². The molecule has 1 unspecified atom stereocenters. The van der Waals surface area contributed by atoms with Gasteiger partial charge in [0, 0.05) is 25.5 Å². The van der Waals surface area contributed by atoms with Gasteiger partial charge in [0.05, 0.1) is 19.2 Å². The molecule has 0 radical (unpaired) electrons. The van der Waals surface area contributed by atoms with E-state index < -0.39 is 0 Å². The Balaban J connectivity index is 2.35. The molecule has 102 valence electrons. The van der Waals surface area contributed by atoms with E-state index in [1.165, 1.54) is 0 Å². The first-order chi connectivity index (χ1) is 8.52. The normalized spacial score (nSPS) is 12.7. The second-order valence-corrected chi connectivity index (χ2v) is 4.47. The van der Waals surface area contributed by atoms with E-state index in [0.29, 0.717) is 13.2 Å². The monoisotopic (exact) mass is 254 g/mol. The van der Waals surface area contributed by atoms with Crippen LogP contribution in [0.3, 0.4) is 0 Å². The van der Waals surface area contributed by atoms with Gasteiger partial charge < -0.3 is 15.0 Å². The number of hydrogen-bond donors (Lipinski definition) is 2. The van der Waals surface area contributed by atoms with Crippen molar-refractivity contribution < 1.29 is 9.53 Å². The molecule has 0 bridgehead atoms. The Kier molecular flexibility index (Phi) is 5.80. The quantitative estimate of drug-likeness (QED) is 0.742. The van der Waals surface area contributed by atoms with Crippen LogP contribution in [0.25, 0.3) is 0 Å². The molecule has 0 fully saturated rings. The van der Waals surface area contributed by atoms with E-state index in [1.54, 1.807) is 13.3 Å². The van der Waals surface area contributed by atoms with Crippen molar-refractivity contribution in [1.82, 2.24) is 20.2 Å². The number of amides is 1. The molecule has 0 aliphatic rings. The third-order valence-corrected chi connectivity index (χ3v) is 2.60. The van der Waals surface area contributed by atoms with Crippen LogP contribution < -0.4 is 5.32 Å². The van der Waals surface area contributed by atoms with E-state index in [9.17, 15) is 4.79 Å². The van der Waals surface area contributed by atoms with Crippen molar-refractivity contribution >= 4 is 5.91 Å². The highest BCUT2D eigenvalue weighted by Crippen LogP contribution is 2.07. The lowest BCUT2D eigenvalue weighted by atomic mass is 10.3. The van der Waals surface area contributed by atoms with Crippen LogP contribution in [0.4, 0.5) is 0 Å². The molecule has 6 heteroatoms. The lowest BCUT2D eigenvalue weighted by Crippen LogP contribution is -2.37. The molecule has 1 amide bonds. The molecule has 1 aromatic rings. The molecular weight excluding hydrogens is 232 g/mol. The Hall–Kier alpha value is -1.40. The van der Waals surface area contributed by atoms with Crippen molar-refractivity contribution in [3.8, 4) is 0 Å². The maximum atomic E-state index is 11.8. The zero-order chi connectivity index (χ0) is 13.5. The minimum absolute atomic E-state index is 0.0184. The van der Waals surface area contributed by atoms with Crippen LogP contribution in [0.2, 0.25) is 0 Å². The number of H-pyrrole nitrogens is 1. The fraction of sp³-hybridized carbons (Fsp3) is 0.667. The summed E-state index contributed by atoms with van der Waals surface area (Å²) in [6, 6.07) is -0.109. The highest BCUT2D eigenvalue weighted by atomic mass is 16.5. The van der Waals surface area contributed by atoms with Crippen LogP contribution in [0.5, 0.6) is 0 Å². The van der Waals surface area contributed by atoms with Gasteiger partial charge in [0.2, 0.25) is 5.91 Å². The Morgan fingerprint density at radius 3 is 2.94 bits per heavy atom. The summed E-state index contributed by atoms with van der Waals surface area (Å²) >= 11 is 0. The van der Waals surface area contributed by atoms with Crippen molar-refractivity contribution in [3.63, 3.8) is 0 Å². The highest BCUT2D eigenvalue weighted by Gasteiger charge is 2.13. The number of aromatic nitrogens is 2. The number of nitrogens with zero attached hydrogens (tertiary/aromatic N) is 2. The molecule has 0 aromatic carbocycles. The minimum atomic E-state index is -0.109. The average molecular weight is 254 g/mol. The zero-order valence-corrected chi connectivity index (χ0v) is 11.5. The second-order valence-electron chi connectivity index (χ2n) is 4.47. The topological polar surface area (TPSA) is 70.2 Å². The first-order valence-corrected chi connectivity index (χ1v) is 6.01. The Morgan fingerprint density at radius 2 is 2.39 bits per heavy atom. The summed E-state index contributed by atoms with van der Waals surface area (Å²) in [5.74, 6) is 0.760. The van der Waals surface area contributed by atoms with Gasteiger partial charge in [-0.05, 0) is 20.9 Å². The molecule has 2 N–H and O–H groups in total. The molecule has 0 aliphatic carbocycles. The first kappa shape index (κ1) is 14.7. The number of hydrogen-bond acceptors (Lipinski definition) is 4. The number of aryl methyl sites for hydroxylation is 1. The predicted molar refractivity (Wildman–Crippen MR) is 69.3 cm³/mol. The number of imidazole rings is 1. The summed E-state index contributed by atoms with van der Waals surface area (Å²) in [6.07, 6.45) is 1.75. The van der Waals surface area contributed by atoms with E-state index in [0.717, 1.165) is 18.1 Å². The Morgan fingerprint density at radius 1 is 1.67 bits per heavy atom. The SMILES string of the molecule is COCCN(C)CC(=O)NC(C)c1ncc(C)[nH]1. The van der Waals surface area contributed by atoms with Crippen molar-refractivity contribution in [2.45, 2.75) is 19.9 Å². The summed E-state index contributed by atoms with van der Waals surface area (Å²) in [5, 5.41) is 2.90. The summed E-state index contributed by atoms with van der Waals surface area (Å²) in [6.45, 7) is 5.55. The van der Waals surface area contributed by atoms with Gasteiger partial charge in [-0.15, -0.1) is 0 Å². The van der Waals surface area contributed by atoms with Gasteiger partial charge in [-0.1, -0.05) is 0 Å². The van der Waals surface area contributed by atoms with Gasteiger partial charge in [-0.25, -0.2) is 4.98 Å². The second kappa shape index (κ2) is 7.13. The molecular formula is C12H22N4O2. The number of carbonyl (C=O) groups is 1. The number of aromatic amines is 1. The Labute approximate surface area is 108 Å². The van der Waals surface area contributed by atoms with Gasteiger partial charge in [-0.3, -0.25) is 9.69 Å². The van der Waals surface area contributed by atoms with E-state index >= 15 is 0 Å². The standard InChI is InChI=1S/C12H22N4O2/c1-9-7-13-12(14-9)10(2)15-11(17)8-16(3)5-6-18-4/h7,10H,5-6,8H2,1-4H3,(H,13,14)(H,15,17). The average Bonchev–Trinajstić information content (AvgIpc) is 2.73.